The summed E-state index contributed by atoms with van der Waals surface area (Å²) in [6.07, 6.45) is 2.51. The van der Waals surface area contributed by atoms with Gasteiger partial charge < -0.3 is 29.4 Å². The van der Waals surface area contributed by atoms with E-state index < -0.39 is 12.7 Å². The van der Waals surface area contributed by atoms with E-state index in [9.17, 15) is 15.0 Å². The highest BCUT2D eigenvalue weighted by atomic mass is 35.5. The van der Waals surface area contributed by atoms with Crippen LogP contribution < -0.4 is 14.2 Å². The zero-order valence-electron chi connectivity index (χ0n) is 17.8. The molecule has 2 aromatic carbocycles. The molecule has 0 spiro atoms. The van der Waals surface area contributed by atoms with Crippen LogP contribution in [0.5, 0.6) is 17.2 Å². The standard InChI is InChI=1S/C23H24ClNO6S/c1-29-18-7-13(8-19(30-2)23(18)31-3)22(28)20(32-12-15(27)11-26)9-14-10-25-17-6-4-5-16(24)21(14)17/h4-10,15,25-27H,11-12H2,1-3H3. The number of hydrogen-bond acceptors (Lipinski definition) is 7. The SMILES string of the molecule is COc1cc(C(=O)C(=Cc2c[nH]c3cccc(Cl)c23)SCC(O)CO)cc(OC)c1OC. The number of nitrogens with one attached hydrogen (secondary N) is 1. The highest BCUT2D eigenvalue weighted by Crippen LogP contribution is 2.40. The number of methoxy groups -OCH3 is 3. The largest absolute Gasteiger partial charge is 0.493 e. The number of H-pyrrole nitrogens is 1. The maximum absolute atomic E-state index is 13.5. The molecule has 3 aromatic rings. The predicted octanol–water partition coefficient (Wildman–Crippen LogP) is 4.16. The molecule has 1 heterocycles. The van der Waals surface area contributed by atoms with Crippen LogP contribution in [0.4, 0.5) is 0 Å². The van der Waals surface area contributed by atoms with E-state index >= 15 is 0 Å². The van der Waals surface area contributed by atoms with Crippen LogP contribution in [0.25, 0.3) is 17.0 Å². The third-order valence-corrected chi connectivity index (χ3v) is 6.25. The predicted molar refractivity (Wildman–Crippen MR) is 127 cm³/mol. The molecule has 0 amide bonds. The van der Waals surface area contributed by atoms with Crippen LogP contribution in [0.15, 0.2) is 41.4 Å². The van der Waals surface area contributed by atoms with Gasteiger partial charge in [0.05, 0.1) is 44.0 Å². The zero-order valence-corrected chi connectivity index (χ0v) is 19.4. The molecule has 0 fully saturated rings. The fraction of sp³-hybridized carbons (Fsp3) is 0.261. The van der Waals surface area contributed by atoms with Gasteiger partial charge in [-0.05, 0) is 30.3 Å². The number of benzene rings is 2. The van der Waals surface area contributed by atoms with Gasteiger partial charge in [-0.3, -0.25) is 4.79 Å². The molecule has 0 saturated heterocycles. The third kappa shape index (κ3) is 5.05. The Kier molecular flexibility index (Phi) is 8.09. The Morgan fingerprint density at radius 1 is 1.19 bits per heavy atom. The summed E-state index contributed by atoms with van der Waals surface area (Å²) in [5.41, 5.74) is 1.89. The molecule has 1 unspecified atom stereocenters. The van der Waals surface area contributed by atoms with Gasteiger partial charge in [0.1, 0.15) is 0 Å². The van der Waals surface area contributed by atoms with Crippen LogP contribution in [-0.4, -0.2) is 60.8 Å². The first-order valence-electron chi connectivity index (χ1n) is 9.67. The van der Waals surface area contributed by atoms with E-state index in [1.165, 1.54) is 21.3 Å². The number of carbonyl (C=O) groups excluding carboxylic acids is 1. The molecule has 0 radical (unpaired) electrons. The van der Waals surface area contributed by atoms with Crippen molar-refractivity contribution in [3.8, 4) is 17.2 Å². The molecule has 0 aliphatic rings. The Bertz CT molecular complexity index is 1120. The maximum Gasteiger partial charge on any atom is 0.203 e. The van der Waals surface area contributed by atoms with Crippen LogP contribution in [0, 0.1) is 0 Å². The van der Waals surface area contributed by atoms with Crippen molar-refractivity contribution in [3.05, 3.63) is 57.6 Å². The number of carbonyl (C=O) groups is 1. The highest BCUT2D eigenvalue weighted by Gasteiger charge is 2.21. The molecule has 1 atom stereocenters. The summed E-state index contributed by atoms with van der Waals surface area (Å²) in [6, 6.07) is 8.65. The molecule has 0 aliphatic carbocycles. The van der Waals surface area contributed by atoms with Crippen LogP contribution in [0.3, 0.4) is 0 Å². The minimum absolute atomic E-state index is 0.134. The number of aliphatic hydroxyl groups is 2. The lowest BCUT2D eigenvalue weighted by Crippen LogP contribution is -2.16. The number of ketones is 1. The Balaban J connectivity index is 2.09. The Morgan fingerprint density at radius 3 is 2.47 bits per heavy atom. The van der Waals surface area contributed by atoms with Gasteiger partial charge >= 0.3 is 0 Å². The first-order valence-corrected chi connectivity index (χ1v) is 11.0. The second-order valence-corrected chi connectivity index (χ2v) is 8.27. The smallest absolute Gasteiger partial charge is 0.203 e. The first-order chi connectivity index (χ1) is 15.4. The minimum atomic E-state index is -0.970. The molecule has 170 valence electrons. The molecule has 7 nitrogen and oxygen atoms in total. The van der Waals surface area contributed by atoms with Gasteiger partial charge in [-0.15, -0.1) is 11.8 Å². The average Bonchev–Trinajstić information content (AvgIpc) is 3.23. The molecule has 0 bridgehead atoms. The van der Waals surface area contributed by atoms with Crippen molar-refractivity contribution in [2.75, 3.05) is 33.7 Å². The third-order valence-electron chi connectivity index (χ3n) is 4.76. The van der Waals surface area contributed by atoms with Crippen molar-refractivity contribution >= 4 is 46.1 Å². The van der Waals surface area contributed by atoms with Crippen molar-refractivity contribution in [2.45, 2.75) is 6.10 Å². The fourth-order valence-electron chi connectivity index (χ4n) is 3.19. The number of hydrogen-bond donors (Lipinski definition) is 3. The maximum atomic E-state index is 13.5. The van der Waals surface area contributed by atoms with E-state index in [0.29, 0.717) is 32.7 Å². The van der Waals surface area contributed by atoms with E-state index in [2.05, 4.69) is 4.98 Å². The van der Waals surface area contributed by atoms with E-state index in [-0.39, 0.29) is 11.5 Å². The Labute approximate surface area is 194 Å². The molecular weight excluding hydrogens is 454 g/mol. The van der Waals surface area contributed by atoms with E-state index in [1.807, 2.05) is 12.1 Å². The number of aliphatic hydroxyl groups excluding tert-OH is 2. The number of ether oxygens (including phenoxy) is 3. The molecule has 0 saturated carbocycles. The average molecular weight is 478 g/mol. The summed E-state index contributed by atoms with van der Waals surface area (Å²) >= 11 is 7.52. The van der Waals surface area contributed by atoms with E-state index in [1.54, 1.807) is 30.5 Å². The van der Waals surface area contributed by atoms with Crippen LogP contribution >= 0.6 is 23.4 Å². The summed E-state index contributed by atoms with van der Waals surface area (Å²) in [7, 11) is 4.44. The molecule has 1 aromatic heterocycles. The normalized spacial score (nSPS) is 12.6. The quantitative estimate of drug-likeness (QED) is 0.298. The number of Topliss-reactive ketones (excluding diaryl/α,β-unsaturated/α-hetero) is 1. The summed E-state index contributed by atoms with van der Waals surface area (Å²) in [4.78, 5) is 17.0. The molecule has 3 N–H and O–H groups in total. The second-order valence-electron chi connectivity index (χ2n) is 6.81. The van der Waals surface area contributed by atoms with Crippen molar-refractivity contribution in [1.82, 2.24) is 4.98 Å². The second kappa shape index (κ2) is 10.8. The lowest BCUT2D eigenvalue weighted by Gasteiger charge is -2.15. The highest BCUT2D eigenvalue weighted by molar-refractivity contribution is 8.04. The van der Waals surface area contributed by atoms with Crippen molar-refractivity contribution < 1.29 is 29.2 Å². The van der Waals surface area contributed by atoms with Gasteiger partial charge in [0.15, 0.2) is 17.3 Å². The number of thioether (sulfide) groups is 1. The Morgan fingerprint density at radius 2 is 1.88 bits per heavy atom. The van der Waals surface area contributed by atoms with Gasteiger partial charge in [-0.1, -0.05) is 17.7 Å². The lowest BCUT2D eigenvalue weighted by atomic mass is 10.1. The van der Waals surface area contributed by atoms with Gasteiger partial charge in [-0.25, -0.2) is 0 Å². The van der Waals surface area contributed by atoms with Crippen molar-refractivity contribution in [1.29, 1.82) is 0 Å². The van der Waals surface area contributed by atoms with Gasteiger partial charge in [0.25, 0.3) is 0 Å². The minimum Gasteiger partial charge on any atom is -0.493 e. The number of aromatic amines is 1. The number of rotatable bonds is 10. The van der Waals surface area contributed by atoms with Gasteiger partial charge in [0.2, 0.25) is 5.75 Å². The van der Waals surface area contributed by atoms with Crippen molar-refractivity contribution in [2.24, 2.45) is 0 Å². The van der Waals surface area contributed by atoms with Crippen LogP contribution in [0.2, 0.25) is 5.02 Å². The molecule has 32 heavy (non-hydrogen) atoms. The zero-order chi connectivity index (χ0) is 23.3. The lowest BCUT2D eigenvalue weighted by molar-refractivity contribution is 0.104. The molecule has 3 rings (SSSR count). The summed E-state index contributed by atoms with van der Waals surface area (Å²) in [5.74, 6) is 0.911. The number of halogens is 1. The summed E-state index contributed by atoms with van der Waals surface area (Å²) < 4.78 is 16.1. The topological polar surface area (TPSA) is 101 Å². The van der Waals surface area contributed by atoms with Gasteiger partial charge in [0, 0.05) is 34.0 Å². The molecule has 9 heteroatoms. The van der Waals surface area contributed by atoms with E-state index in [0.717, 1.165) is 28.2 Å². The number of fused-ring (bicyclic) bond motifs is 1. The number of allylic oxidation sites excluding steroid dienone is 1. The van der Waals surface area contributed by atoms with Gasteiger partial charge in [-0.2, -0.15) is 0 Å². The van der Waals surface area contributed by atoms with E-state index in [4.69, 9.17) is 25.8 Å². The summed E-state index contributed by atoms with van der Waals surface area (Å²) in [5, 5.41) is 20.4. The first kappa shape index (κ1) is 24.0. The van der Waals surface area contributed by atoms with Crippen molar-refractivity contribution in [3.63, 3.8) is 0 Å². The summed E-state index contributed by atoms with van der Waals surface area (Å²) in [6.45, 7) is -0.405. The molecular formula is C23H24ClNO6S. The number of aromatic nitrogens is 1. The monoisotopic (exact) mass is 477 g/mol. The molecule has 0 aliphatic heterocycles. The van der Waals surface area contributed by atoms with Crippen LogP contribution in [-0.2, 0) is 0 Å². The van der Waals surface area contributed by atoms with Crippen LogP contribution in [0.1, 0.15) is 15.9 Å². The Hall–Kier alpha value is -2.65. The fourth-order valence-corrected chi connectivity index (χ4v) is 4.41.